The monoisotopic (exact) mass is 321 g/mol. The van der Waals surface area contributed by atoms with Gasteiger partial charge in [-0.15, -0.1) is 22.2 Å². The van der Waals surface area contributed by atoms with E-state index in [1.54, 1.807) is 0 Å². The molecule has 20 heavy (non-hydrogen) atoms. The van der Waals surface area contributed by atoms with Crippen LogP contribution < -0.4 is 0 Å². The van der Waals surface area contributed by atoms with Crippen molar-refractivity contribution >= 4 is 50.7 Å². The maximum Gasteiger partial charge on any atom is 0.270 e. The Kier molecular flexibility index (Phi) is 3.57. The topological polar surface area (TPSA) is 4.93 Å². The van der Waals surface area contributed by atoms with E-state index in [9.17, 15) is 0 Å². The lowest BCUT2D eigenvalue weighted by atomic mass is 10.2. The third kappa shape index (κ3) is 2.16. The second-order valence-corrected chi connectivity index (χ2v) is 13.2. The van der Waals surface area contributed by atoms with E-state index >= 15 is 0 Å². The molecule has 1 nitrogen and oxygen atoms in total. The number of fused-ring (bicyclic) bond motifs is 3. The summed E-state index contributed by atoms with van der Waals surface area (Å²) in [5.74, 6) is 0. The zero-order chi connectivity index (χ0) is 14.3. The fourth-order valence-corrected chi connectivity index (χ4v) is 6.02. The summed E-state index contributed by atoms with van der Waals surface area (Å²) in [4.78, 5) is 0. The van der Waals surface area contributed by atoms with Gasteiger partial charge >= 0.3 is 0 Å². The van der Waals surface area contributed by atoms with Crippen LogP contribution in [0, 0.1) is 0 Å². The predicted molar refractivity (Wildman–Crippen MR) is 92.1 cm³/mol. The van der Waals surface area contributed by atoms with Crippen molar-refractivity contribution in [2.45, 2.75) is 25.6 Å². The molecule has 0 radical (unpaired) electrons. The van der Waals surface area contributed by atoms with Gasteiger partial charge in [-0.3, -0.25) is 0 Å². The largest absolute Gasteiger partial charge is 0.338 e. The molecule has 3 aromatic rings. The average molecular weight is 322 g/mol. The highest BCUT2D eigenvalue weighted by Gasteiger charge is 2.35. The van der Waals surface area contributed by atoms with E-state index < -0.39 is 6.69 Å². The molecule has 0 aliphatic heterocycles. The molecule has 0 saturated carbocycles. The Morgan fingerprint density at radius 2 is 1.40 bits per heavy atom. The number of aromatic nitrogens is 1. The highest BCUT2D eigenvalue weighted by atomic mass is 35.7. The first kappa shape index (κ1) is 14.0. The average Bonchev–Trinajstić information content (AvgIpc) is 2.74. The minimum absolute atomic E-state index is 0.177. The lowest BCUT2D eigenvalue weighted by Gasteiger charge is -2.26. The van der Waals surface area contributed by atoms with Crippen molar-refractivity contribution in [3.8, 4) is 0 Å². The first-order valence-electron chi connectivity index (χ1n) is 6.89. The molecule has 4 heteroatoms. The lowest BCUT2D eigenvalue weighted by Crippen LogP contribution is -2.30. The Hall–Kier alpha value is -0.963. The van der Waals surface area contributed by atoms with Crippen LogP contribution in [0.15, 0.2) is 48.5 Å². The van der Waals surface area contributed by atoms with Gasteiger partial charge < -0.3 is 4.57 Å². The van der Waals surface area contributed by atoms with Crippen LogP contribution in [0.3, 0.4) is 0 Å². The van der Waals surface area contributed by atoms with Crippen LogP contribution in [0.1, 0.15) is 19.0 Å². The molecule has 0 amide bonds. The van der Waals surface area contributed by atoms with E-state index in [2.05, 4.69) is 60.0 Å². The van der Waals surface area contributed by atoms with Crippen LogP contribution in [-0.4, -0.2) is 11.3 Å². The lowest BCUT2D eigenvalue weighted by molar-refractivity contribution is 0.673. The van der Waals surface area contributed by atoms with Gasteiger partial charge in [-0.2, -0.15) is 0 Å². The fraction of sp³-hybridized carbons (Fsp3) is 0.250. The van der Waals surface area contributed by atoms with Crippen LogP contribution in [0.25, 0.3) is 21.8 Å². The maximum atomic E-state index is 6.58. The van der Waals surface area contributed by atoms with Gasteiger partial charge in [0.15, 0.2) is 0 Å². The standard InChI is InChI=1S/C16H17Cl2NSi/c1-3-16(20(2,17)18)19-14-10-6-4-8-12(14)13-9-5-7-11-15(13)19/h4-11,16H,3H2,1-2H3. The summed E-state index contributed by atoms with van der Waals surface area (Å²) in [6.45, 7) is 1.85. The minimum atomic E-state index is -2.32. The van der Waals surface area contributed by atoms with Crippen molar-refractivity contribution in [2.75, 3.05) is 0 Å². The van der Waals surface area contributed by atoms with Crippen LogP contribution >= 0.6 is 22.2 Å². The molecule has 0 N–H and O–H groups in total. The van der Waals surface area contributed by atoms with E-state index in [0.717, 1.165) is 6.42 Å². The normalized spacial score (nSPS) is 14.0. The number of nitrogens with zero attached hydrogens (tertiary/aromatic N) is 1. The van der Waals surface area contributed by atoms with E-state index in [4.69, 9.17) is 22.2 Å². The number of rotatable bonds is 3. The number of halogens is 2. The number of para-hydroxylation sites is 2. The Labute approximate surface area is 129 Å². The number of hydrogen-bond acceptors (Lipinski definition) is 0. The predicted octanol–water partition coefficient (Wildman–Crippen LogP) is 5.83. The summed E-state index contributed by atoms with van der Waals surface area (Å²) in [6, 6.07) is 17.0. The molecule has 1 unspecified atom stereocenters. The van der Waals surface area contributed by atoms with E-state index in [0.29, 0.717) is 0 Å². The highest BCUT2D eigenvalue weighted by molar-refractivity contribution is 7.45. The van der Waals surface area contributed by atoms with Gasteiger partial charge in [0.25, 0.3) is 6.69 Å². The zero-order valence-electron chi connectivity index (χ0n) is 11.6. The molecule has 0 aliphatic rings. The molecule has 3 rings (SSSR count). The van der Waals surface area contributed by atoms with Gasteiger partial charge in [0, 0.05) is 21.8 Å². The van der Waals surface area contributed by atoms with Crippen molar-refractivity contribution in [1.29, 1.82) is 0 Å². The molecule has 0 saturated heterocycles. The molecular formula is C16H17Cl2NSi. The molecule has 0 bridgehead atoms. The van der Waals surface area contributed by atoms with Crippen molar-refractivity contribution in [3.63, 3.8) is 0 Å². The smallest absolute Gasteiger partial charge is 0.270 e. The Balaban J connectivity index is 2.43. The van der Waals surface area contributed by atoms with Crippen molar-refractivity contribution in [3.05, 3.63) is 48.5 Å². The van der Waals surface area contributed by atoms with Crippen LogP contribution in [-0.2, 0) is 0 Å². The summed E-state index contributed by atoms with van der Waals surface area (Å²) in [5, 5.41) is 2.54. The fourth-order valence-electron chi connectivity index (χ4n) is 3.06. The maximum absolute atomic E-state index is 6.58. The van der Waals surface area contributed by atoms with E-state index in [1.165, 1.54) is 21.8 Å². The molecule has 1 atom stereocenters. The SMILES string of the molecule is CCC(n1c2ccccc2c2ccccc21)[Si](C)(Cl)Cl. The molecule has 0 spiro atoms. The minimum Gasteiger partial charge on any atom is -0.338 e. The van der Waals surface area contributed by atoms with E-state index in [1.807, 2.05) is 6.55 Å². The number of hydrogen-bond donors (Lipinski definition) is 0. The van der Waals surface area contributed by atoms with Crippen LogP contribution in [0.5, 0.6) is 0 Å². The van der Waals surface area contributed by atoms with Gasteiger partial charge in [0.2, 0.25) is 0 Å². The molecular weight excluding hydrogens is 305 g/mol. The van der Waals surface area contributed by atoms with Crippen molar-refractivity contribution < 1.29 is 0 Å². The second-order valence-electron chi connectivity index (χ2n) is 5.28. The third-order valence-electron chi connectivity index (χ3n) is 3.90. The zero-order valence-corrected chi connectivity index (χ0v) is 14.1. The summed E-state index contributed by atoms with van der Waals surface area (Å²) in [5.41, 5.74) is 2.62. The highest BCUT2D eigenvalue weighted by Crippen LogP contribution is 2.39. The Morgan fingerprint density at radius 3 is 1.80 bits per heavy atom. The molecule has 104 valence electrons. The van der Waals surface area contributed by atoms with Gasteiger partial charge in [-0.1, -0.05) is 43.3 Å². The number of benzene rings is 2. The van der Waals surface area contributed by atoms with Crippen molar-refractivity contribution in [2.24, 2.45) is 0 Å². The van der Waals surface area contributed by atoms with Crippen molar-refractivity contribution in [1.82, 2.24) is 4.57 Å². The third-order valence-corrected chi connectivity index (χ3v) is 7.25. The molecule has 0 fully saturated rings. The molecule has 2 aromatic carbocycles. The van der Waals surface area contributed by atoms with Gasteiger partial charge in [-0.05, 0) is 25.1 Å². The second kappa shape index (κ2) is 5.10. The Bertz CT molecular complexity index is 705. The summed E-state index contributed by atoms with van der Waals surface area (Å²) in [7, 11) is 0. The Morgan fingerprint density at radius 1 is 0.950 bits per heavy atom. The van der Waals surface area contributed by atoms with Gasteiger partial charge in [0.05, 0.1) is 5.67 Å². The quantitative estimate of drug-likeness (QED) is 0.422. The molecule has 1 aromatic heterocycles. The van der Waals surface area contributed by atoms with Gasteiger partial charge in [0.1, 0.15) is 0 Å². The summed E-state index contributed by atoms with van der Waals surface area (Å²) in [6.07, 6.45) is 0.943. The first-order chi connectivity index (χ1) is 9.54. The van der Waals surface area contributed by atoms with Gasteiger partial charge in [-0.25, -0.2) is 0 Å². The molecule has 1 heterocycles. The van der Waals surface area contributed by atoms with Crippen LogP contribution in [0.2, 0.25) is 6.55 Å². The first-order valence-corrected chi connectivity index (χ1v) is 11.5. The summed E-state index contributed by atoms with van der Waals surface area (Å²) >= 11 is 13.2. The van der Waals surface area contributed by atoms with Crippen LogP contribution in [0.4, 0.5) is 0 Å². The summed E-state index contributed by atoms with van der Waals surface area (Å²) < 4.78 is 2.34. The van der Waals surface area contributed by atoms with E-state index in [-0.39, 0.29) is 5.67 Å². The molecule has 0 aliphatic carbocycles.